The highest BCUT2D eigenvalue weighted by Gasteiger charge is 2.04. The number of hydrogen-bond donors (Lipinski definition) is 1. The maximum Gasteiger partial charge on any atom is 0.146 e. The lowest BCUT2D eigenvalue weighted by Crippen LogP contribution is -2.34. The zero-order valence-corrected chi connectivity index (χ0v) is 11.3. The van der Waals surface area contributed by atoms with Crippen molar-refractivity contribution in [2.24, 2.45) is 0 Å². The van der Waals surface area contributed by atoms with Crippen molar-refractivity contribution in [2.75, 3.05) is 74.1 Å². The van der Waals surface area contributed by atoms with E-state index in [1.165, 1.54) is 0 Å². The Hall–Kier alpha value is -0.280. The molecule has 0 aliphatic heterocycles. The van der Waals surface area contributed by atoms with Gasteiger partial charge in [-0.25, -0.2) is 0 Å². The lowest BCUT2D eigenvalue weighted by molar-refractivity contribution is -0.0548. The van der Waals surface area contributed by atoms with E-state index in [-0.39, 0.29) is 6.79 Å². The molecule has 0 unspecified atom stereocenters. The van der Waals surface area contributed by atoms with E-state index >= 15 is 0 Å². The lowest BCUT2D eigenvalue weighted by Gasteiger charge is -2.21. The Kier molecular flexibility index (Phi) is 14.5. The molecule has 0 aromatic rings. The van der Waals surface area contributed by atoms with Crippen LogP contribution < -0.4 is 0 Å². The summed E-state index contributed by atoms with van der Waals surface area (Å²) in [7, 11) is 3.18. The number of aliphatic hydroxyl groups is 1. The molecule has 7 heteroatoms. The highest BCUT2D eigenvalue weighted by molar-refractivity contribution is 4.56. The third-order valence-electron chi connectivity index (χ3n) is 2.15. The zero-order chi connectivity index (χ0) is 13.5. The Balaban J connectivity index is 3.62. The SMILES string of the molecule is COCOCCN(CCOCO)CCOCOC. The number of aliphatic hydroxyl groups excluding tert-OH is 1. The van der Waals surface area contributed by atoms with Gasteiger partial charge < -0.3 is 28.8 Å². The van der Waals surface area contributed by atoms with Gasteiger partial charge in [-0.1, -0.05) is 0 Å². The topological polar surface area (TPSA) is 69.6 Å². The van der Waals surface area contributed by atoms with Crippen LogP contribution >= 0.6 is 0 Å². The summed E-state index contributed by atoms with van der Waals surface area (Å²) in [6.45, 7) is 4.20. The Morgan fingerprint density at radius 2 is 1.22 bits per heavy atom. The number of rotatable bonds is 14. The van der Waals surface area contributed by atoms with Gasteiger partial charge in [-0.2, -0.15) is 0 Å². The van der Waals surface area contributed by atoms with Crippen LogP contribution in [0.15, 0.2) is 0 Å². The van der Waals surface area contributed by atoms with Crippen LogP contribution in [0.1, 0.15) is 0 Å². The average Bonchev–Trinajstić information content (AvgIpc) is 2.39. The molecule has 0 bridgehead atoms. The molecule has 0 aromatic carbocycles. The highest BCUT2D eigenvalue weighted by Crippen LogP contribution is 1.91. The number of hydrogen-bond acceptors (Lipinski definition) is 7. The van der Waals surface area contributed by atoms with Gasteiger partial charge in [0.25, 0.3) is 0 Å². The van der Waals surface area contributed by atoms with Crippen LogP contribution in [0.5, 0.6) is 0 Å². The van der Waals surface area contributed by atoms with Gasteiger partial charge in [-0.3, -0.25) is 4.90 Å². The summed E-state index contributed by atoms with van der Waals surface area (Å²) in [5.74, 6) is 0. The summed E-state index contributed by atoms with van der Waals surface area (Å²) < 4.78 is 24.9. The molecule has 0 aliphatic rings. The molecule has 1 N–H and O–H groups in total. The van der Waals surface area contributed by atoms with Crippen molar-refractivity contribution in [3.05, 3.63) is 0 Å². The first-order chi connectivity index (χ1) is 8.85. The number of nitrogens with zero attached hydrogens (tertiary/aromatic N) is 1. The molecule has 7 nitrogen and oxygen atoms in total. The Morgan fingerprint density at radius 3 is 1.61 bits per heavy atom. The van der Waals surface area contributed by atoms with Crippen LogP contribution in [0, 0.1) is 0 Å². The highest BCUT2D eigenvalue weighted by atomic mass is 16.7. The van der Waals surface area contributed by atoms with Crippen molar-refractivity contribution >= 4 is 0 Å². The van der Waals surface area contributed by atoms with Crippen molar-refractivity contribution in [1.29, 1.82) is 0 Å². The predicted molar refractivity (Wildman–Crippen MR) is 65.1 cm³/mol. The second-order valence-corrected chi connectivity index (χ2v) is 3.51. The molecule has 110 valence electrons. The standard InChI is InChI=1S/C11H25NO6/c1-14-10-17-7-4-12(3-6-16-9-13)5-8-18-11-15-2/h13H,3-11H2,1-2H3. The quantitative estimate of drug-likeness (QED) is 0.336. The van der Waals surface area contributed by atoms with Crippen molar-refractivity contribution in [2.45, 2.75) is 0 Å². The van der Waals surface area contributed by atoms with Gasteiger partial charge in [0.2, 0.25) is 0 Å². The lowest BCUT2D eigenvalue weighted by atomic mass is 10.4. The van der Waals surface area contributed by atoms with E-state index in [2.05, 4.69) is 4.90 Å². The Morgan fingerprint density at radius 1 is 0.778 bits per heavy atom. The van der Waals surface area contributed by atoms with Gasteiger partial charge in [-0.05, 0) is 0 Å². The van der Waals surface area contributed by atoms with Crippen LogP contribution in [-0.2, 0) is 23.7 Å². The second kappa shape index (κ2) is 14.8. The number of ether oxygens (including phenoxy) is 5. The summed E-state index contributed by atoms with van der Waals surface area (Å²) >= 11 is 0. The molecule has 0 heterocycles. The molecule has 0 fully saturated rings. The molecule has 0 saturated heterocycles. The van der Waals surface area contributed by atoms with Gasteiger partial charge >= 0.3 is 0 Å². The minimum absolute atomic E-state index is 0.256. The third kappa shape index (κ3) is 12.2. The molecule has 0 rings (SSSR count). The summed E-state index contributed by atoms with van der Waals surface area (Å²) in [6.07, 6.45) is 0. The number of methoxy groups -OCH3 is 2. The molecular weight excluding hydrogens is 242 g/mol. The van der Waals surface area contributed by atoms with Crippen LogP contribution in [0.3, 0.4) is 0 Å². The molecule has 0 radical (unpaired) electrons. The largest absolute Gasteiger partial charge is 0.371 e. The first kappa shape index (κ1) is 17.7. The van der Waals surface area contributed by atoms with E-state index in [9.17, 15) is 0 Å². The van der Waals surface area contributed by atoms with E-state index in [0.29, 0.717) is 40.0 Å². The zero-order valence-electron chi connectivity index (χ0n) is 11.3. The van der Waals surface area contributed by atoms with Crippen LogP contribution in [0.25, 0.3) is 0 Å². The van der Waals surface area contributed by atoms with Crippen LogP contribution in [0.4, 0.5) is 0 Å². The molecular formula is C11H25NO6. The van der Waals surface area contributed by atoms with Crippen molar-refractivity contribution in [3.63, 3.8) is 0 Å². The second-order valence-electron chi connectivity index (χ2n) is 3.51. The molecule has 0 atom stereocenters. The van der Waals surface area contributed by atoms with E-state index in [1.807, 2.05) is 0 Å². The average molecular weight is 267 g/mol. The van der Waals surface area contributed by atoms with E-state index in [4.69, 9.17) is 28.8 Å². The fourth-order valence-corrected chi connectivity index (χ4v) is 1.27. The molecule has 18 heavy (non-hydrogen) atoms. The monoisotopic (exact) mass is 267 g/mol. The summed E-state index contributed by atoms with van der Waals surface area (Å²) in [5, 5.41) is 8.55. The fourth-order valence-electron chi connectivity index (χ4n) is 1.27. The smallest absolute Gasteiger partial charge is 0.146 e. The Bertz CT molecular complexity index is 148. The maximum absolute atomic E-state index is 8.55. The van der Waals surface area contributed by atoms with Gasteiger partial charge in [0.1, 0.15) is 20.4 Å². The fraction of sp³-hybridized carbons (Fsp3) is 1.00. The third-order valence-corrected chi connectivity index (χ3v) is 2.15. The van der Waals surface area contributed by atoms with Gasteiger partial charge in [0.05, 0.1) is 19.8 Å². The summed E-state index contributed by atoms with van der Waals surface area (Å²) in [4.78, 5) is 2.13. The molecule has 0 spiro atoms. The predicted octanol–water partition coefficient (Wildman–Crippen LogP) is -0.504. The molecule has 0 amide bonds. The normalized spacial score (nSPS) is 11.3. The van der Waals surface area contributed by atoms with Crippen molar-refractivity contribution < 1.29 is 28.8 Å². The minimum atomic E-state index is -0.256. The van der Waals surface area contributed by atoms with Crippen LogP contribution in [0.2, 0.25) is 0 Å². The minimum Gasteiger partial charge on any atom is -0.371 e. The molecule has 0 aromatic heterocycles. The first-order valence-corrected chi connectivity index (χ1v) is 5.89. The van der Waals surface area contributed by atoms with E-state index < -0.39 is 0 Å². The van der Waals surface area contributed by atoms with Gasteiger partial charge in [0.15, 0.2) is 0 Å². The molecule has 0 saturated carbocycles. The summed E-state index contributed by atoms with van der Waals surface area (Å²) in [6, 6.07) is 0. The van der Waals surface area contributed by atoms with Crippen LogP contribution in [-0.4, -0.2) is 84.1 Å². The van der Waals surface area contributed by atoms with E-state index in [0.717, 1.165) is 13.1 Å². The molecule has 0 aliphatic carbocycles. The Labute approximate surface area is 109 Å². The first-order valence-electron chi connectivity index (χ1n) is 5.89. The summed E-state index contributed by atoms with van der Waals surface area (Å²) in [5.41, 5.74) is 0. The van der Waals surface area contributed by atoms with Crippen molar-refractivity contribution in [3.8, 4) is 0 Å². The van der Waals surface area contributed by atoms with Gasteiger partial charge in [-0.15, -0.1) is 0 Å². The van der Waals surface area contributed by atoms with Gasteiger partial charge in [0, 0.05) is 33.9 Å². The van der Waals surface area contributed by atoms with Crippen molar-refractivity contribution in [1.82, 2.24) is 4.90 Å². The maximum atomic E-state index is 8.55. The van der Waals surface area contributed by atoms with E-state index in [1.54, 1.807) is 14.2 Å².